The minimum atomic E-state index is -1.35. The summed E-state index contributed by atoms with van der Waals surface area (Å²) in [5.74, 6) is 0.219. The minimum absolute atomic E-state index is 0.0660. The zero-order valence-electron chi connectivity index (χ0n) is 19.7. The van der Waals surface area contributed by atoms with Crippen LogP contribution in [0.2, 0.25) is 0 Å². The Bertz CT molecular complexity index is 1340. The molecule has 3 aromatic carbocycles. The van der Waals surface area contributed by atoms with Crippen LogP contribution in [0.4, 0.5) is 5.69 Å². The molecule has 0 aliphatic carbocycles. The van der Waals surface area contributed by atoms with Crippen molar-refractivity contribution in [2.24, 2.45) is 4.99 Å². The molecule has 2 amide bonds. The van der Waals surface area contributed by atoms with Gasteiger partial charge in [0.25, 0.3) is 5.91 Å². The highest BCUT2D eigenvalue weighted by Gasteiger charge is 2.59. The number of aliphatic hydroxyl groups is 1. The van der Waals surface area contributed by atoms with Gasteiger partial charge in [-0.3, -0.25) is 9.59 Å². The molecule has 2 atom stereocenters. The van der Waals surface area contributed by atoms with E-state index in [2.05, 4.69) is 15.9 Å². The van der Waals surface area contributed by atoms with Gasteiger partial charge >= 0.3 is 0 Å². The van der Waals surface area contributed by atoms with Gasteiger partial charge in [0.05, 0.1) is 12.3 Å². The summed E-state index contributed by atoms with van der Waals surface area (Å²) in [6, 6.07) is 22.3. The molecule has 7 nitrogen and oxygen atoms in total. The number of amides is 2. The predicted molar refractivity (Wildman–Crippen MR) is 139 cm³/mol. The quantitative estimate of drug-likeness (QED) is 0.436. The molecule has 0 radical (unpaired) electrons. The first-order chi connectivity index (χ1) is 17.4. The summed E-state index contributed by atoms with van der Waals surface area (Å²) in [4.78, 5) is 32.9. The average Bonchev–Trinajstić information content (AvgIpc) is 3.27. The van der Waals surface area contributed by atoms with Crippen LogP contribution in [0.15, 0.2) is 82.3 Å². The third-order valence-corrected chi connectivity index (χ3v) is 7.18. The van der Waals surface area contributed by atoms with Gasteiger partial charge in [0, 0.05) is 42.0 Å². The Kier molecular flexibility index (Phi) is 6.64. The Balaban J connectivity index is 1.60. The summed E-state index contributed by atoms with van der Waals surface area (Å²) in [5.41, 5.74) is 1.49. The summed E-state index contributed by atoms with van der Waals surface area (Å²) in [6.07, 6.45) is 0.103. The number of hydrogen-bond acceptors (Lipinski definition) is 6. The number of halogens is 1. The number of aliphatic hydroxyl groups excluding tert-OH is 1. The Morgan fingerprint density at radius 3 is 2.56 bits per heavy atom. The molecule has 2 heterocycles. The minimum Gasteiger partial charge on any atom is -0.494 e. The Morgan fingerprint density at radius 2 is 1.83 bits per heavy atom. The van der Waals surface area contributed by atoms with Crippen molar-refractivity contribution in [2.45, 2.75) is 31.4 Å². The van der Waals surface area contributed by atoms with Crippen molar-refractivity contribution in [2.75, 3.05) is 18.1 Å². The number of rotatable bonds is 7. The van der Waals surface area contributed by atoms with Crippen molar-refractivity contribution in [3.63, 3.8) is 0 Å². The van der Waals surface area contributed by atoms with Crippen molar-refractivity contribution in [3.05, 3.63) is 94.0 Å². The molecule has 0 aromatic heterocycles. The second kappa shape index (κ2) is 9.87. The Hall–Kier alpha value is -3.49. The molecule has 0 bridgehead atoms. The van der Waals surface area contributed by atoms with Crippen LogP contribution in [0.1, 0.15) is 36.1 Å². The first-order valence-corrected chi connectivity index (χ1v) is 12.5. The van der Waals surface area contributed by atoms with Crippen LogP contribution in [0, 0.1) is 0 Å². The molecule has 184 valence electrons. The summed E-state index contributed by atoms with van der Waals surface area (Å²) in [5, 5.41) is 8.96. The second-order valence-electron chi connectivity index (χ2n) is 8.78. The predicted octanol–water partition coefficient (Wildman–Crippen LogP) is 4.60. The molecule has 3 aromatic rings. The molecule has 0 saturated heterocycles. The van der Waals surface area contributed by atoms with Crippen molar-refractivity contribution in [1.82, 2.24) is 0 Å². The van der Waals surface area contributed by atoms with Crippen LogP contribution in [-0.4, -0.2) is 41.6 Å². The maximum Gasteiger partial charge on any atom is 0.266 e. The molecule has 0 spiro atoms. The van der Waals surface area contributed by atoms with Gasteiger partial charge in [0.2, 0.25) is 11.8 Å². The van der Waals surface area contributed by atoms with Crippen LogP contribution in [-0.2, 0) is 20.7 Å². The van der Waals surface area contributed by atoms with Crippen LogP contribution < -0.4 is 9.64 Å². The van der Waals surface area contributed by atoms with E-state index < -0.39 is 17.6 Å². The fourth-order valence-electron chi connectivity index (χ4n) is 4.71. The molecule has 5 rings (SSSR count). The average molecular weight is 549 g/mol. The van der Waals surface area contributed by atoms with Crippen LogP contribution >= 0.6 is 15.9 Å². The van der Waals surface area contributed by atoms with Crippen molar-refractivity contribution < 1.29 is 24.2 Å². The monoisotopic (exact) mass is 548 g/mol. The van der Waals surface area contributed by atoms with Gasteiger partial charge < -0.3 is 14.6 Å². The number of imide groups is 1. The molecule has 0 saturated carbocycles. The molecule has 0 unspecified atom stereocenters. The first kappa shape index (κ1) is 24.2. The number of anilines is 1. The molecule has 0 fully saturated rings. The van der Waals surface area contributed by atoms with Crippen molar-refractivity contribution in [1.29, 1.82) is 0 Å². The smallest absolute Gasteiger partial charge is 0.266 e. The van der Waals surface area contributed by atoms with E-state index in [0.29, 0.717) is 35.9 Å². The van der Waals surface area contributed by atoms with Crippen LogP contribution in [0.5, 0.6) is 5.75 Å². The lowest BCUT2D eigenvalue weighted by Gasteiger charge is -2.40. The topological polar surface area (TPSA) is 88.4 Å². The van der Waals surface area contributed by atoms with Gasteiger partial charge in [-0.25, -0.2) is 9.89 Å². The first-order valence-electron chi connectivity index (χ1n) is 11.7. The number of aliphatic imine (C=N–C) groups is 1. The highest BCUT2D eigenvalue weighted by Crippen LogP contribution is 2.50. The van der Waals surface area contributed by atoms with E-state index in [1.807, 2.05) is 48.5 Å². The van der Waals surface area contributed by atoms with Crippen LogP contribution in [0.3, 0.4) is 0 Å². The lowest BCUT2D eigenvalue weighted by Crippen LogP contribution is -2.57. The zero-order valence-corrected chi connectivity index (χ0v) is 21.3. The fraction of sp³-hybridized carbons (Fsp3) is 0.250. The number of carbonyl (C=O) groups excluding carboxylic acids is 2. The van der Waals surface area contributed by atoms with Gasteiger partial charge in [-0.1, -0.05) is 52.3 Å². The van der Waals surface area contributed by atoms with E-state index >= 15 is 0 Å². The van der Waals surface area contributed by atoms with Gasteiger partial charge in [0.15, 0.2) is 11.6 Å². The zero-order chi connectivity index (χ0) is 25.3. The van der Waals surface area contributed by atoms with Gasteiger partial charge in [-0.05, 0) is 42.0 Å². The number of nitrogens with zero attached hydrogens (tertiary/aromatic N) is 2. The maximum absolute atomic E-state index is 14.1. The Labute approximate surface area is 217 Å². The molecule has 1 N–H and O–H groups in total. The van der Waals surface area contributed by atoms with Crippen LogP contribution in [0.25, 0.3) is 0 Å². The summed E-state index contributed by atoms with van der Waals surface area (Å²) in [7, 11) is 0. The summed E-state index contributed by atoms with van der Waals surface area (Å²) in [6.45, 7) is 1.87. The second-order valence-corrected chi connectivity index (χ2v) is 9.63. The number of para-hydroxylation sites is 1. The van der Waals surface area contributed by atoms with E-state index in [4.69, 9.17) is 19.6 Å². The Morgan fingerprint density at radius 1 is 1.11 bits per heavy atom. The van der Waals surface area contributed by atoms with Crippen molar-refractivity contribution in [3.8, 4) is 5.75 Å². The van der Waals surface area contributed by atoms with Gasteiger partial charge in [-0.2, -0.15) is 0 Å². The van der Waals surface area contributed by atoms with Gasteiger partial charge in [0.1, 0.15) is 5.75 Å². The van der Waals surface area contributed by atoms with E-state index in [-0.39, 0.29) is 18.9 Å². The van der Waals surface area contributed by atoms with E-state index in [0.717, 1.165) is 15.6 Å². The normalized spacial score (nSPS) is 20.3. The van der Waals surface area contributed by atoms with E-state index in [1.165, 1.54) is 11.8 Å². The van der Waals surface area contributed by atoms with E-state index in [1.54, 1.807) is 24.3 Å². The lowest BCUT2D eigenvalue weighted by molar-refractivity contribution is -0.131. The number of carbonyl (C=O) groups is 2. The standard InChI is InChI=1S/C28H25BrN2O5/c1-18(33)31-24-10-5-3-8-22(24)25-28(27(31)34,17-20-7-2-4-9-23(20)29)30-26(36-25)19-11-13-21(14-12-19)35-16-6-15-32/h2-5,7-14,25,32H,6,15-17H2,1H3/t25-,28-/m0/s1. The maximum atomic E-state index is 14.1. The molecule has 2 aliphatic rings. The van der Waals surface area contributed by atoms with E-state index in [9.17, 15) is 9.59 Å². The third kappa shape index (κ3) is 4.20. The molecular weight excluding hydrogens is 524 g/mol. The van der Waals surface area contributed by atoms with Gasteiger partial charge in [-0.15, -0.1) is 0 Å². The largest absolute Gasteiger partial charge is 0.494 e. The number of hydrogen-bond donors (Lipinski definition) is 1. The molecule has 2 aliphatic heterocycles. The number of ether oxygens (including phenoxy) is 2. The summed E-state index contributed by atoms with van der Waals surface area (Å²) >= 11 is 3.60. The molecule has 8 heteroatoms. The SMILES string of the molecule is CC(=O)N1C(=O)[C@@]2(Cc3ccccc3Br)N=C(c3ccc(OCCCO)cc3)O[C@H]2c2ccccc21. The van der Waals surface area contributed by atoms with Crippen molar-refractivity contribution >= 4 is 39.3 Å². The number of fused-ring (bicyclic) bond motifs is 3. The third-order valence-electron chi connectivity index (χ3n) is 6.40. The molecular formula is C28H25BrN2O5. The lowest BCUT2D eigenvalue weighted by atomic mass is 9.78. The highest BCUT2D eigenvalue weighted by molar-refractivity contribution is 9.10. The highest BCUT2D eigenvalue weighted by atomic mass is 79.9. The number of benzene rings is 3. The molecule has 36 heavy (non-hydrogen) atoms. The fourth-order valence-corrected chi connectivity index (χ4v) is 5.13. The summed E-state index contributed by atoms with van der Waals surface area (Å²) < 4.78 is 12.9.